The fourth-order valence-electron chi connectivity index (χ4n) is 1.26. The van der Waals surface area contributed by atoms with Gasteiger partial charge in [-0.05, 0) is 23.5 Å². The van der Waals surface area contributed by atoms with E-state index in [4.69, 9.17) is 28.3 Å². The van der Waals surface area contributed by atoms with Crippen LogP contribution in [-0.4, -0.2) is 11.7 Å². The van der Waals surface area contributed by atoms with Gasteiger partial charge in [0.2, 0.25) is 0 Å². The molecule has 0 amide bonds. The molecule has 0 radical (unpaired) electrons. The summed E-state index contributed by atoms with van der Waals surface area (Å²) < 4.78 is 0. The lowest BCUT2D eigenvalue weighted by Crippen LogP contribution is -2.19. The van der Waals surface area contributed by atoms with Crippen molar-refractivity contribution in [3.63, 3.8) is 0 Å². The molecule has 0 bridgehead atoms. The van der Waals surface area contributed by atoms with E-state index >= 15 is 0 Å². The van der Waals surface area contributed by atoms with E-state index in [1.165, 1.54) is 0 Å². The van der Waals surface area contributed by atoms with E-state index in [0.717, 1.165) is 12.0 Å². The maximum Gasteiger partial charge on any atom is 0.0624 e. The Balaban J connectivity index is 2.92. The Bertz CT molecular complexity index is 321. The lowest BCUT2D eigenvalue weighted by atomic mass is 9.87. The molecule has 0 saturated heterocycles. The second kappa shape index (κ2) is 4.52. The molecule has 1 aromatic carbocycles. The van der Waals surface area contributed by atoms with Crippen molar-refractivity contribution in [3.8, 4) is 0 Å². The van der Waals surface area contributed by atoms with Gasteiger partial charge in [-0.15, -0.1) is 0 Å². The number of aliphatic hydroxyl groups excluding tert-OH is 1. The Morgan fingerprint density at radius 1 is 1.29 bits per heavy atom. The third-order valence-electron chi connectivity index (χ3n) is 2.13. The van der Waals surface area contributed by atoms with Crippen LogP contribution in [0, 0.1) is 5.41 Å². The molecular formula is C11H14Cl2O. The zero-order valence-corrected chi connectivity index (χ0v) is 9.86. The van der Waals surface area contributed by atoms with E-state index in [1.54, 1.807) is 6.07 Å². The highest BCUT2D eigenvalue weighted by atomic mass is 35.5. The normalized spacial score (nSPS) is 11.8. The molecule has 0 aliphatic rings. The van der Waals surface area contributed by atoms with Gasteiger partial charge in [0.25, 0.3) is 0 Å². The summed E-state index contributed by atoms with van der Waals surface area (Å²) in [7, 11) is 0. The average molecular weight is 233 g/mol. The van der Waals surface area contributed by atoms with Gasteiger partial charge in [0, 0.05) is 6.61 Å². The zero-order valence-electron chi connectivity index (χ0n) is 8.35. The Morgan fingerprint density at radius 3 is 2.50 bits per heavy atom. The third kappa shape index (κ3) is 2.88. The van der Waals surface area contributed by atoms with Crippen LogP contribution in [0.1, 0.15) is 19.4 Å². The minimum Gasteiger partial charge on any atom is -0.396 e. The van der Waals surface area contributed by atoms with Crippen molar-refractivity contribution < 1.29 is 5.11 Å². The predicted octanol–water partition coefficient (Wildman–Crippen LogP) is 3.55. The van der Waals surface area contributed by atoms with Crippen molar-refractivity contribution >= 4 is 23.2 Å². The van der Waals surface area contributed by atoms with Gasteiger partial charge in [0.15, 0.2) is 0 Å². The second-order valence-electron chi connectivity index (χ2n) is 4.21. The molecular weight excluding hydrogens is 219 g/mol. The van der Waals surface area contributed by atoms with Crippen molar-refractivity contribution in [2.24, 2.45) is 5.41 Å². The minimum absolute atomic E-state index is 0.135. The van der Waals surface area contributed by atoms with Gasteiger partial charge in [-0.2, -0.15) is 0 Å². The summed E-state index contributed by atoms with van der Waals surface area (Å²) in [5.74, 6) is 0. The van der Waals surface area contributed by atoms with Crippen LogP contribution in [0.25, 0.3) is 0 Å². The Morgan fingerprint density at radius 2 is 1.93 bits per heavy atom. The highest BCUT2D eigenvalue weighted by Crippen LogP contribution is 2.30. The van der Waals surface area contributed by atoms with Crippen LogP contribution in [0.3, 0.4) is 0 Å². The lowest BCUT2D eigenvalue weighted by molar-refractivity contribution is 0.159. The summed E-state index contributed by atoms with van der Waals surface area (Å²) in [5.41, 5.74) is 0.826. The number of hydrogen-bond acceptors (Lipinski definition) is 1. The topological polar surface area (TPSA) is 20.2 Å². The number of halogens is 2. The molecule has 0 aliphatic carbocycles. The molecule has 0 saturated carbocycles. The zero-order chi connectivity index (χ0) is 10.8. The van der Waals surface area contributed by atoms with Crippen molar-refractivity contribution in [1.82, 2.24) is 0 Å². The molecule has 14 heavy (non-hydrogen) atoms. The van der Waals surface area contributed by atoms with Crippen molar-refractivity contribution in [3.05, 3.63) is 33.8 Å². The summed E-state index contributed by atoms with van der Waals surface area (Å²) >= 11 is 11.9. The monoisotopic (exact) mass is 232 g/mol. The van der Waals surface area contributed by atoms with Crippen molar-refractivity contribution in [1.29, 1.82) is 0 Å². The van der Waals surface area contributed by atoms with Gasteiger partial charge in [0.05, 0.1) is 10.0 Å². The van der Waals surface area contributed by atoms with Gasteiger partial charge in [-0.25, -0.2) is 0 Å². The molecule has 0 fully saturated rings. The number of hydrogen-bond donors (Lipinski definition) is 1. The smallest absolute Gasteiger partial charge is 0.0624 e. The highest BCUT2D eigenvalue weighted by Gasteiger charge is 2.19. The Labute approximate surface area is 94.7 Å². The van der Waals surface area contributed by atoms with E-state index in [0.29, 0.717) is 10.0 Å². The summed E-state index contributed by atoms with van der Waals surface area (Å²) in [5, 5.41) is 10.3. The van der Waals surface area contributed by atoms with E-state index in [2.05, 4.69) is 0 Å². The first-order chi connectivity index (χ1) is 6.46. The van der Waals surface area contributed by atoms with Gasteiger partial charge >= 0.3 is 0 Å². The summed E-state index contributed by atoms with van der Waals surface area (Å²) in [6.07, 6.45) is 0.725. The molecule has 1 aromatic rings. The van der Waals surface area contributed by atoms with Crippen LogP contribution in [0.5, 0.6) is 0 Å². The lowest BCUT2D eigenvalue weighted by Gasteiger charge is -2.22. The maximum absolute atomic E-state index is 9.14. The summed E-state index contributed by atoms with van der Waals surface area (Å²) in [6, 6.07) is 5.57. The molecule has 3 heteroatoms. The Hall–Kier alpha value is -0.240. The maximum atomic E-state index is 9.14. The second-order valence-corrected chi connectivity index (χ2v) is 5.00. The van der Waals surface area contributed by atoms with Gasteiger partial charge in [-0.1, -0.05) is 49.2 Å². The first kappa shape index (κ1) is 11.8. The molecule has 0 atom stereocenters. The van der Waals surface area contributed by atoms with Crippen molar-refractivity contribution in [2.45, 2.75) is 20.3 Å². The Kier molecular flexibility index (Phi) is 3.82. The van der Waals surface area contributed by atoms with Gasteiger partial charge < -0.3 is 5.11 Å². The van der Waals surface area contributed by atoms with E-state index in [1.807, 2.05) is 26.0 Å². The molecule has 0 aliphatic heterocycles. The first-order valence-electron chi connectivity index (χ1n) is 4.50. The molecule has 0 heterocycles. The molecule has 1 rings (SSSR count). The number of benzene rings is 1. The largest absolute Gasteiger partial charge is 0.396 e. The van der Waals surface area contributed by atoms with Crippen LogP contribution in [0.15, 0.2) is 18.2 Å². The van der Waals surface area contributed by atoms with Gasteiger partial charge in [0.1, 0.15) is 0 Å². The molecule has 1 N–H and O–H groups in total. The molecule has 1 nitrogen and oxygen atoms in total. The molecule has 0 unspecified atom stereocenters. The fraction of sp³-hybridized carbons (Fsp3) is 0.455. The third-order valence-corrected chi connectivity index (χ3v) is 2.99. The van der Waals surface area contributed by atoms with Crippen molar-refractivity contribution in [2.75, 3.05) is 6.61 Å². The molecule has 0 aromatic heterocycles. The van der Waals surface area contributed by atoms with Crippen LogP contribution in [-0.2, 0) is 6.42 Å². The highest BCUT2D eigenvalue weighted by molar-refractivity contribution is 6.42. The molecule has 0 spiro atoms. The van der Waals surface area contributed by atoms with E-state index < -0.39 is 0 Å². The summed E-state index contributed by atoms with van der Waals surface area (Å²) in [4.78, 5) is 0. The number of aliphatic hydroxyl groups is 1. The first-order valence-corrected chi connectivity index (χ1v) is 5.25. The average Bonchev–Trinajstić information content (AvgIpc) is 2.13. The summed E-state index contributed by atoms with van der Waals surface area (Å²) in [6.45, 7) is 4.12. The standard InChI is InChI=1S/C11H14Cl2O/c1-11(2,7-14)6-8-4-3-5-9(12)10(8)13/h3-5,14H,6-7H2,1-2H3. The minimum atomic E-state index is -0.158. The van der Waals surface area contributed by atoms with Crippen LogP contribution in [0.2, 0.25) is 10.0 Å². The van der Waals surface area contributed by atoms with E-state index in [-0.39, 0.29) is 12.0 Å². The van der Waals surface area contributed by atoms with Crippen LogP contribution in [0.4, 0.5) is 0 Å². The van der Waals surface area contributed by atoms with Gasteiger partial charge in [-0.3, -0.25) is 0 Å². The molecule has 78 valence electrons. The SMILES string of the molecule is CC(C)(CO)Cc1cccc(Cl)c1Cl. The van der Waals surface area contributed by atoms with Crippen LogP contribution >= 0.6 is 23.2 Å². The quantitative estimate of drug-likeness (QED) is 0.846. The fourth-order valence-corrected chi connectivity index (χ4v) is 1.64. The van der Waals surface area contributed by atoms with E-state index in [9.17, 15) is 0 Å². The predicted molar refractivity (Wildman–Crippen MR) is 61.0 cm³/mol. The number of rotatable bonds is 3. The van der Waals surface area contributed by atoms with Crippen LogP contribution < -0.4 is 0 Å².